The number of rotatable bonds is 3. The maximum absolute atomic E-state index is 10.9. The van der Waals surface area contributed by atoms with Crippen molar-refractivity contribution >= 4 is 6.29 Å². The summed E-state index contributed by atoms with van der Waals surface area (Å²) in [7, 11) is 0. The highest BCUT2D eigenvalue weighted by Crippen LogP contribution is 2.16. The van der Waals surface area contributed by atoms with E-state index in [1.807, 2.05) is 30.7 Å². The molecule has 3 heteroatoms. The van der Waals surface area contributed by atoms with Crippen molar-refractivity contribution < 1.29 is 4.79 Å². The lowest BCUT2D eigenvalue weighted by Crippen LogP contribution is -1.99. The van der Waals surface area contributed by atoms with Crippen LogP contribution in [0.5, 0.6) is 0 Å². The van der Waals surface area contributed by atoms with E-state index < -0.39 is 0 Å². The molecule has 0 unspecified atom stereocenters. The third-order valence-electron chi connectivity index (χ3n) is 3.05. The van der Waals surface area contributed by atoms with E-state index in [1.54, 1.807) is 0 Å². The average molecular weight is 228 g/mol. The first-order valence-electron chi connectivity index (χ1n) is 5.78. The lowest BCUT2D eigenvalue weighted by molar-refractivity contribution is 0.112. The van der Waals surface area contributed by atoms with Gasteiger partial charge in [0.1, 0.15) is 0 Å². The number of carbonyl (C=O) groups is 1. The Bertz CT molecular complexity index is 538. The number of aromatic nitrogens is 2. The predicted octanol–water partition coefficient (Wildman–Crippen LogP) is 2.86. The van der Waals surface area contributed by atoms with Crippen LogP contribution in [-0.2, 0) is 6.42 Å². The second-order valence-electron chi connectivity index (χ2n) is 4.13. The molecule has 0 saturated carbocycles. The summed E-state index contributed by atoms with van der Waals surface area (Å²) in [5.41, 5.74) is 4.64. The summed E-state index contributed by atoms with van der Waals surface area (Å²) < 4.78 is 1.82. The molecule has 3 nitrogen and oxygen atoms in total. The van der Waals surface area contributed by atoms with Gasteiger partial charge < -0.3 is 0 Å². The van der Waals surface area contributed by atoms with Gasteiger partial charge in [-0.15, -0.1) is 0 Å². The van der Waals surface area contributed by atoms with Crippen molar-refractivity contribution in [1.29, 1.82) is 0 Å². The monoisotopic (exact) mass is 228 g/mol. The van der Waals surface area contributed by atoms with Crippen LogP contribution in [0.4, 0.5) is 0 Å². The third kappa shape index (κ3) is 2.00. The summed E-state index contributed by atoms with van der Waals surface area (Å²) in [4.78, 5) is 10.9. The molecule has 1 heterocycles. The maximum Gasteiger partial charge on any atom is 0.153 e. The van der Waals surface area contributed by atoms with Gasteiger partial charge in [0.2, 0.25) is 0 Å². The van der Waals surface area contributed by atoms with E-state index in [9.17, 15) is 4.79 Å². The summed E-state index contributed by atoms with van der Waals surface area (Å²) in [6.45, 7) is 5.90. The molecule has 0 amide bonds. The smallest absolute Gasteiger partial charge is 0.153 e. The lowest BCUT2D eigenvalue weighted by Gasteiger charge is -2.05. The Morgan fingerprint density at radius 3 is 2.35 bits per heavy atom. The van der Waals surface area contributed by atoms with Gasteiger partial charge >= 0.3 is 0 Å². The molecule has 88 valence electrons. The molecule has 2 rings (SSSR count). The first-order chi connectivity index (χ1) is 8.17. The zero-order valence-corrected chi connectivity index (χ0v) is 10.4. The molecule has 0 radical (unpaired) electrons. The van der Waals surface area contributed by atoms with Crippen LogP contribution in [0.1, 0.15) is 34.2 Å². The molecule has 2 aromatic rings. The third-order valence-corrected chi connectivity index (χ3v) is 3.05. The fourth-order valence-electron chi connectivity index (χ4n) is 1.95. The standard InChI is InChI=1S/C14H16N2O/c1-4-12-5-7-13(8-6-12)16-11(3)14(9-17)10(2)15-16/h5-9H,4H2,1-3H3. The number of nitrogens with zero attached hydrogens (tertiary/aromatic N) is 2. The van der Waals surface area contributed by atoms with E-state index in [0.29, 0.717) is 5.56 Å². The normalized spacial score (nSPS) is 10.5. The van der Waals surface area contributed by atoms with Crippen LogP contribution in [0.2, 0.25) is 0 Å². The van der Waals surface area contributed by atoms with E-state index >= 15 is 0 Å². The van der Waals surface area contributed by atoms with E-state index in [-0.39, 0.29) is 0 Å². The van der Waals surface area contributed by atoms with Crippen LogP contribution >= 0.6 is 0 Å². The molecule has 0 aliphatic heterocycles. The minimum atomic E-state index is 0.685. The summed E-state index contributed by atoms with van der Waals surface area (Å²) >= 11 is 0. The molecule has 0 atom stereocenters. The molecule has 0 N–H and O–H groups in total. The van der Waals surface area contributed by atoms with E-state index in [1.165, 1.54) is 5.56 Å². The van der Waals surface area contributed by atoms with Crippen LogP contribution in [0.15, 0.2) is 24.3 Å². The summed E-state index contributed by atoms with van der Waals surface area (Å²) in [5, 5.41) is 4.39. The fourth-order valence-corrected chi connectivity index (χ4v) is 1.95. The van der Waals surface area contributed by atoms with E-state index in [0.717, 1.165) is 29.8 Å². The Morgan fingerprint density at radius 1 is 1.24 bits per heavy atom. The number of benzene rings is 1. The van der Waals surface area contributed by atoms with Gasteiger partial charge in [-0.1, -0.05) is 19.1 Å². The van der Waals surface area contributed by atoms with Gasteiger partial charge in [0.15, 0.2) is 6.29 Å². The average Bonchev–Trinajstić information content (AvgIpc) is 2.64. The Balaban J connectivity index is 2.49. The Morgan fingerprint density at radius 2 is 1.88 bits per heavy atom. The summed E-state index contributed by atoms with van der Waals surface area (Å²) in [5.74, 6) is 0. The summed E-state index contributed by atoms with van der Waals surface area (Å²) in [6, 6.07) is 8.25. The highest BCUT2D eigenvalue weighted by Gasteiger charge is 2.11. The van der Waals surface area contributed by atoms with E-state index in [4.69, 9.17) is 0 Å². The Hall–Kier alpha value is -1.90. The number of aryl methyl sites for hydroxylation is 2. The zero-order chi connectivity index (χ0) is 12.4. The first kappa shape index (κ1) is 11.6. The molecule has 0 spiro atoms. The van der Waals surface area contributed by atoms with Crippen molar-refractivity contribution in [3.8, 4) is 5.69 Å². The van der Waals surface area contributed by atoms with Crippen LogP contribution < -0.4 is 0 Å². The molecule has 0 aliphatic carbocycles. The lowest BCUT2D eigenvalue weighted by atomic mass is 10.1. The van der Waals surface area contributed by atoms with Gasteiger partial charge in [-0.3, -0.25) is 4.79 Å². The molecular formula is C14H16N2O. The van der Waals surface area contributed by atoms with Crippen LogP contribution in [-0.4, -0.2) is 16.1 Å². The van der Waals surface area contributed by atoms with Crippen molar-refractivity contribution in [1.82, 2.24) is 9.78 Å². The first-order valence-corrected chi connectivity index (χ1v) is 5.78. The SMILES string of the molecule is CCc1ccc(-n2nc(C)c(C=O)c2C)cc1. The fraction of sp³-hybridized carbons (Fsp3) is 0.286. The number of hydrogen-bond acceptors (Lipinski definition) is 2. The molecule has 0 aliphatic rings. The van der Waals surface area contributed by atoms with Gasteiger partial charge in [0.05, 0.1) is 22.6 Å². The molecular weight excluding hydrogens is 212 g/mol. The van der Waals surface area contributed by atoms with Gasteiger partial charge in [-0.2, -0.15) is 5.10 Å². The van der Waals surface area contributed by atoms with Crippen molar-refractivity contribution in [3.05, 3.63) is 46.8 Å². The number of aldehydes is 1. The maximum atomic E-state index is 10.9. The zero-order valence-electron chi connectivity index (χ0n) is 10.4. The van der Waals surface area contributed by atoms with Crippen molar-refractivity contribution in [2.75, 3.05) is 0 Å². The van der Waals surface area contributed by atoms with Gasteiger partial charge in [-0.25, -0.2) is 4.68 Å². The largest absolute Gasteiger partial charge is 0.298 e. The quantitative estimate of drug-likeness (QED) is 0.757. The molecule has 0 saturated heterocycles. The van der Waals surface area contributed by atoms with Crippen molar-refractivity contribution in [2.45, 2.75) is 27.2 Å². The molecule has 17 heavy (non-hydrogen) atoms. The number of carbonyl (C=O) groups excluding carboxylic acids is 1. The Labute approximate surface area is 101 Å². The molecule has 0 bridgehead atoms. The van der Waals surface area contributed by atoms with Gasteiger partial charge in [0.25, 0.3) is 0 Å². The van der Waals surface area contributed by atoms with Crippen molar-refractivity contribution in [2.24, 2.45) is 0 Å². The topological polar surface area (TPSA) is 34.9 Å². The highest BCUT2D eigenvalue weighted by atomic mass is 16.1. The second kappa shape index (κ2) is 4.53. The number of hydrogen-bond donors (Lipinski definition) is 0. The van der Waals surface area contributed by atoms with Gasteiger partial charge in [0, 0.05) is 0 Å². The minimum absolute atomic E-state index is 0.685. The van der Waals surface area contributed by atoms with Crippen LogP contribution in [0.3, 0.4) is 0 Å². The second-order valence-corrected chi connectivity index (χ2v) is 4.13. The predicted molar refractivity (Wildman–Crippen MR) is 67.8 cm³/mol. The molecule has 1 aromatic carbocycles. The summed E-state index contributed by atoms with van der Waals surface area (Å²) in [6.07, 6.45) is 1.89. The minimum Gasteiger partial charge on any atom is -0.298 e. The Kier molecular flexibility index (Phi) is 3.09. The van der Waals surface area contributed by atoms with Gasteiger partial charge in [-0.05, 0) is 38.0 Å². The van der Waals surface area contributed by atoms with Crippen LogP contribution in [0, 0.1) is 13.8 Å². The van der Waals surface area contributed by atoms with Crippen LogP contribution in [0.25, 0.3) is 5.69 Å². The highest BCUT2D eigenvalue weighted by molar-refractivity contribution is 5.78. The molecule has 0 fully saturated rings. The molecule has 1 aromatic heterocycles. The van der Waals surface area contributed by atoms with E-state index in [2.05, 4.69) is 24.2 Å². The van der Waals surface area contributed by atoms with Crippen molar-refractivity contribution in [3.63, 3.8) is 0 Å².